The molecule has 1 aromatic rings. The molecule has 6 heteroatoms. The second kappa shape index (κ2) is 10.4. The molecule has 1 amide bonds. The molecule has 0 spiro atoms. The van der Waals surface area contributed by atoms with Crippen LogP contribution < -0.4 is 14.8 Å². The third-order valence-electron chi connectivity index (χ3n) is 3.99. The largest absolute Gasteiger partial charge is 0.493 e. The molecule has 1 saturated heterocycles. The van der Waals surface area contributed by atoms with Gasteiger partial charge in [-0.3, -0.25) is 4.79 Å². The smallest absolute Gasteiger partial charge is 0.254 e. The summed E-state index contributed by atoms with van der Waals surface area (Å²) in [5, 5.41) is 3.31. The summed E-state index contributed by atoms with van der Waals surface area (Å²) in [5.74, 6) is 1.97. The zero-order valence-corrected chi connectivity index (χ0v) is 15.7. The zero-order valence-electron chi connectivity index (χ0n) is 14.8. The first-order chi connectivity index (χ1) is 11.1. The topological polar surface area (TPSA) is 50.8 Å². The van der Waals surface area contributed by atoms with Crippen molar-refractivity contribution in [2.45, 2.75) is 26.7 Å². The molecule has 1 N–H and O–H groups in total. The van der Waals surface area contributed by atoms with Crippen molar-refractivity contribution in [1.29, 1.82) is 0 Å². The van der Waals surface area contributed by atoms with Crippen molar-refractivity contribution in [1.82, 2.24) is 10.2 Å². The minimum absolute atomic E-state index is 0. The lowest BCUT2D eigenvalue weighted by molar-refractivity contribution is 0.0766. The maximum absolute atomic E-state index is 12.6. The van der Waals surface area contributed by atoms with Gasteiger partial charge in [0, 0.05) is 25.2 Å². The van der Waals surface area contributed by atoms with E-state index < -0.39 is 0 Å². The molecule has 1 fully saturated rings. The number of rotatable bonds is 6. The molecule has 0 radical (unpaired) electrons. The molecule has 1 aromatic carbocycles. The Balaban J connectivity index is 0.00000288. The first-order valence-corrected chi connectivity index (χ1v) is 8.42. The molecule has 0 aliphatic carbocycles. The van der Waals surface area contributed by atoms with E-state index in [0.29, 0.717) is 29.6 Å². The number of halogens is 1. The Morgan fingerprint density at radius 3 is 2.75 bits per heavy atom. The highest BCUT2D eigenvalue weighted by atomic mass is 35.5. The molecule has 0 unspecified atom stereocenters. The van der Waals surface area contributed by atoms with Crippen molar-refractivity contribution >= 4 is 18.3 Å². The van der Waals surface area contributed by atoms with Crippen LogP contribution >= 0.6 is 12.4 Å². The van der Waals surface area contributed by atoms with Crippen LogP contribution in [0.3, 0.4) is 0 Å². The van der Waals surface area contributed by atoms with Crippen LogP contribution in [0.1, 0.15) is 37.0 Å². The van der Waals surface area contributed by atoms with Crippen molar-refractivity contribution < 1.29 is 14.3 Å². The van der Waals surface area contributed by atoms with Gasteiger partial charge in [-0.1, -0.05) is 13.8 Å². The van der Waals surface area contributed by atoms with Gasteiger partial charge in [-0.2, -0.15) is 0 Å². The molecule has 24 heavy (non-hydrogen) atoms. The number of hydrogen-bond donors (Lipinski definition) is 1. The summed E-state index contributed by atoms with van der Waals surface area (Å²) in [5.41, 5.74) is 0.653. The average molecular weight is 357 g/mol. The van der Waals surface area contributed by atoms with Crippen molar-refractivity contribution in [2.75, 3.05) is 39.9 Å². The third kappa shape index (κ3) is 5.87. The average Bonchev–Trinajstić information content (AvgIpc) is 2.83. The molecular formula is C18H29ClN2O3. The molecule has 1 aliphatic heterocycles. The van der Waals surface area contributed by atoms with Crippen molar-refractivity contribution in [3.05, 3.63) is 23.8 Å². The zero-order chi connectivity index (χ0) is 16.7. The van der Waals surface area contributed by atoms with Crippen LogP contribution in [0.4, 0.5) is 0 Å². The lowest BCUT2D eigenvalue weighted by Gasteiger charge is -2.20. The lowest BCUT2D eigenvalue weighted by Crippen LogP contribution is -2.34. The van der Waals surface area contributed by atoms with Crippen LogP contribution in [0.15, 0.2) is 18.2 Å². The van der Waals surface area contributed by atoms with Gasteiger partial charge in [0.1, 0.15) is 0 Å². The molecule has 2 rings (SSSR count). The Morgan fingerprint density at radius 1 is 1.25 bits per heavy atom. The first-order valence-electron chi connectivity index (χ1n) is 8.42. The van der Waals surface area contributed by atoms with Gasteiger partial charge < -0.3 is 19.7 Å². The summed E-state index contributed by atoms with van der Waals surface area (Å²) >= 11 is 0. The standard InChI is InChI=1S/C18H28N2O3.ClH/c1-14(2)7-12-23-16-6-5-15(13-17(16)22-3)18(21)20-10-4-8-19-9-11-20;/h5-6,13-14,19H,4,7-12H2,1-3H3;1H. The molecule has 5 nitrogen and oxygen atoms in total. The van der Waals surface area contributed by atoms with Gasteiger partial charge in [0.05, 0.1) is 13.7 Å². The van der Waals surface area contributed by atoms with E-state index in [1.165, 1.54) is 0 Å². The Labute approximate surface area is 151 Å². The van der Waals surface area contributed by atoms with E-state index in [1.807, 2.05) is 17.0 Å². The first kappa shape index (κ1) is 20.6. The van der Waals surface area contributed by atoms with Crippen molar-refractivity contribution in [2.24, 2.45) is 5.92 Å². The van der Waals surface area contributed by atoms with Crippen LogP contribution in [0.25, 0.3) is 0 Å². The SMILES string of the molecule is COc1cc(C(=O)N2CCCNCC2)ccc1OCCC(C)C.Cl. The summed E-state index contributed by atoms with van der Waals surface area (Å²) in [4.78, 5) is 14.5. The van der Waals surface area contributed by atoms with E-state index in [0.717, 1.165) is 39.0 Å². The number of amides is 1. The highest BCUT2D eigenvalue weighted by Gasteiger charge is 2.18. The second-order valence-corrected chi connectivity index (χ2v) is 6.29. The Kier molecular flexibility index (Phi) is 8.93. The van der Waals surface area contributed by atoms with Crippen LogP contribution in [-0.2, 0) is 0 Å². The molecule has 0 atom stereocenters. The van der Waals surface area contributed by atoms with Crippen LogP contribution in [0, 0.1) is 5.92 Å². The Hall–Kier alpha value is -1.46. The lowest BCUT2D eigenvalue weighted by atomic mass is 10.1. The highest BCUT2D eigenvalue weighted by molar-refractivity contribution is 5.95. The van der Waals surface area contributed by atoms with Crippen molar-refractivity contribution in [3.8, 4) is 11.5 Å². The Bertz CT molecular complexity index is 515. The molecule has 1 aliphatic rings. The van der Waals surface area contributed by atoms with E-state index in [2.05, 4.69) is 19.2 Å². The maximum Gasteiger partial charge on any atom is 0.254 e. The molecule has 0 bridgehead atoms. The summed E-state index contributed by atoms with van der Waals surface area (Å²) in [7, 11) is 1.61. The van der Waals surface area contributed by atoms with E-state index >= 15 is 0 Å². The van der Waals surface area contributed by atoms with Gasteiger partial charge in [0.25, 0.3) is 5.91 Å². The quantitative estimate of drug-likeness (QED) is 0.851. The fourth-order valence-corrected chi connectivity index (χ4v) is 2.56. The minimum atomic E-state index is 0. The summed E-state index contributed by atoms with van der Waals surface area (Å²) in [6.45, 7) is 8.33. The van der Waals surface area contributed by atoms with Crippen LogP contribution in [-0.4, -0.2) is 50.7 Å². The molecule has 0 aromatic heterocycles. The van der Waals surface area contributed by atoms with E-state index in [-0.39, 0.29) is 18.3 Å². The second-order valence-electron chi connectivity index (χ2n) is 6.29. The van der Waals surface area contributed by atoms with Gasteiger partial charge in [-0.05, 0) is 43.5 Å². The normalized spacial score (nSPS) is 14.8. The monoisotopic (exact) mass is 356 g/mol. The third-order valence-corrected chi connectivity index (χ3v) is 3.99. The maximum atomic E-state index is 12.6. The fourth-order valence-electron chi connectivity index (χ4n) is 2.56. The molecular weight excluding hydrogens is 328 g/mol. The number of hydrogen-bond acceptors (Lipinski definition) is 4. The molecule has 136 valence electrons. The molecule has 0 saturated carbocycles. The molecule has 1 heterocycles. The van der Waals surface area contributed by atoms with Crippen LogP contribution in [0.2, 0.25) is 0 Å². The minimum Gasteiger partial charge on any atom is -0.493 e. The van der Waals surface area contributed by atoms with E-state index in [9.17, 15) is 4.79 Å². The number of carbonyl (C=O) groups excluding carboxylic acids is 1. The number of methoxy groups -OCH3 is 1. The summed E-state index contributed by atoms with van der Waals surface area (Å²) in [6.07, 6.45) is 1.98. The summed E-state index contributed by atoms with van der Waals surface area (Å²) < 4.78 is 11.2. The van der Waals surface area contributed by atoms with Crippen LogP contribution in [0.5, 0.6) is 11.5 Å². The summed E-state index contributed by atoms with van der Waals surface area (Å²) in [6, 6.07) is 5.45. The predicted octanol–water partition coefficient (Wildman–Crippen LogP) is 2.98. The van der Waals surface area contributed by atoms with Gasteiger partial charge in [0.15, 0.2) is 11.5 Å². The number of nitrogens with one attached hydrogen (secondary N) is 1. The number of carbonyl (C=O) groups is 1. The van der Waals surface area contributed by atoms with Gasteiger partial charge >= 0.3 is 0 Å². The van der Waals surface area contributed by atoms with Gasteiger partial charge in [-0.25, -0.2) is 0 Å². The van der Waals surface area contributed by atoms with Gasteiger partial charge in [-0.15, -0.1) is 12.4 Å². The predicted molar refractivity (Wildman–Crippen MR) is 98.6 cm³/mol. The van der Waals surface area contributed by atoms with E-state index in [1.54, 1.807) is 13.2 Å². The van der Waals surface area contributed by atoms with Crippen molar-refractivity contribution in [3.63, 3.8) is 0 Å². The fraction of sp³-hybridized carbons (Fsp3) is 0.611. The Morgan fingerprint density at radius 2 is 2.04 bits per heavy atom. The number of ether oxygens (including phenoxy) is 2. The highest BCUT2D eigenvalue weighted by Crippen LogP contribution is 2.29. The van der Waals surface area contributed by atoms with E-state index in [4.69, 9.17) is 9.47 Å². The number of nitrogens with zero attached hydrogens (tertiary/aromatic N) is 1. The van der Waals surface area contributed by atoms with Gasteiger partial charge in [0.2, 0.25) is 0 Å². The number of benzene rings is 1.